The molecule has 1 aliphatic rings. The average molecular weight is 511 g/mol. The summed E-state index contributed by atoms with van der Waals surface area (Å²) in [4.78, 5) is 33.1. The van der Waals surface area contributed by atoms with Gasteiger partial charge < -0.3 is 14.2 Å². The molecule has 0 spiro atoms. The quantitative estimate of drug-likeness (QED) is 0.357. The third-order valence-corrected chi connectivity index (χ3v) is 7.39. The van der Waals surface area contributed by atoms with E-state index in [4.69, 9.17) is 14.2 Å². The second kappa shape index (κ2) is 10.5. The van der Waals surface area contributed by atoms with Gasteiger partial charge in [-0.15, -0.1) is 11.8 Å². The van der Waals surface area contributed by atoms with Crippen LogP contribution in [0.3, 0.4) is 0 Å². The molecule has 0 fully saturated rings. The van der Waals surface area contributed by atoms with Crippen molar-refractivity contribution < 1.29 is 19.0 Å². The zero-order chi connectivity index (χ0) is 25.1. The molecule has 0 aliphatic carbocycles. The van der Waals surface area contributed by atoms with Crippen LogP contribution in [0.1, 0.15) is 31.0 Å². The number of ether oxygens (including phenoxy) is 3. The number of methoxy groups -OCH3 is 2. The average Bonchev–Trinajstić information content (AvgIpc) is 3.17. The zero-order valence-electron chi connectivity index (χ0n) is 20.2. The third-order valence-electron chi connectivity index (χ3n) is 5.66. The Morgan fingerprint density at radius 3 is 2.54 bits per heavy atom. The van der Waals surface area contributed by atoms with E-state index < -0.39 is 12.0 Å². The van der Waals surface area contributed by atoms with E-state index in [0.717, 1.165) is 10.5 Å². The van der Waals surface area contributed by atoms with Crippen LogP contribution >= 0.6 is 23.1 Å². The van der Waals surface area contributed by atoms with Crippen molar-refractivity contribution in [1.29, 1.82) is 0 Å². The SMILES string of the molecule is CCOC(=O)C1=C(C)N=c2s/c(=C\c3ccc(SC)cc3)c(=O)n2C1c1cc(OC)ccc1OC. The first-order valence-electron chi connectivity index (χ1n) is 11.0. The molecule has 0 saturated heterocycles. The molecule has 0 amide bonds. The third kappa shape index (κ3) is 4.78. The number of fused-ring (bicyclic) bond motifs is 1. The minimum Gasteiger partial charge on any atom is -0.497 e. The number of aromatic nitrogens is 1. The van der Waals surface area contributed by atoms with Crippen LogP contribution in [0.25, 0.3) is 6.08 Å². The molecule has 2 aromatic carbocycles. The van der Waals surface area contributed by atoms with Gasteiger partial charge in [-0.25, -0.2) is 9.79 Å². The molecule has 35 heavy (non-hydrogen) atoms. The Labute approximate surface area is 211 Å². The molecular weight excluding hydrogens is 484 g/mol. The van der Waals surface area contributed by atoms with Crippen LogP contribution in [0, 0.1) is 0 Å². The van der Waals surface area contributed by atoms with E-state index in [0.29, 0.717) is 37.7 Å². The van der Waals surface area contributed by atoms with Gasteiger partial charge in [0.15, 0.2) is 4.80 Å². The summed E-state index contributed by atoms with van der Waals surface area (Å²) in [5.74, 6) is 0.578. The Morgan fingerprint density at radius 2 is 1.91 bits per heavy atom. The number of carbonyl (C=O) groups is 1. The van der Waals surface area contributed by atoms with Gasteiger partial charge in [0.1, 0.15) is 17.5 Å². The Bertz CT molecular complexity index is 1470. The number of allylic oxidation sites excluding steroid dienone is 1. The van der Waals surface area contributed by atoms with Gasteiger partial charge in [0, 0.05) is 10.5 Å². The smallest absolute Gasteiger partial charge is 0.338 e. The number of carbonyl (C=O) groups excluding carboxylic acids is 1. The molecule has 2 heterocycles. The van der Waals surface area contributed by atoms with Crippen LogP contribution in [0.2, 0.25) is 0 Å². The van der Waals surface area contributed by atoms with Gasteiger partial charge in [-0.05, 0) is 62.1 Å². The molecule has 0 N–H and O–H groups in total. The second-order valence-corrected chi connectivity index (χ2v) is 9.57. The molecule has 4 rings (SSSR count). The minimum absolute atomic E-state index is 0.202. The molecule has 7 nitrogen and oxygen atoms in total. The Balaban J connectivity index is 1.98. The molecular formula is C26H26N2O5S2. The van der Waals surface area contributed by atoms with Crippen molar-refractivity contribution in [2.75, 3.05) is 27.1 Å². The van der Waals surface area contributed by atoms with Crippen molar-refractivity contribution in [2.24, 2.45) is 4.99 Å². The zero-order valence-corrected chi connectivity index (χ0v) is 21.8. The fourth-order valence-corrected chi connectivity index (χ4v) is 5.45. The van der Waals surface area contributed by atoms with E-state index in [1.165, 1.54) is 11.3 Å². The molecule has 0 saturated carbocycles. The molecule has 1 unspecified atom stereocenters. The van der Waals surface area contributed by atoms with Crippen molar-refractivity contribution >= 4 is 35.1 Å². The van der Waals surface area contributed by atoms with Crippen LogP contribution in [0.4, 0.5) is 0 Å². The number of nitrogens with zero attached hydrogens (tertiary/aromatic N) is 2. The Kier molecular flexibility index (Phi) is 7.47. The van der Waals surface area contributed by atoms with E-state index in [1.807, 2.05) is 36.6 Å². The lowest BCUT2D eigenvalue weighted by Crippen LogP contribution is -2.40. The van der Waals surface area contributed by atoms with Gasteiger partial charge >= 0.3 is 5.97 Å². The van der Waals surface area contributed by atoms with Crippen LogP contribution in [-0.2, 0) is 9.53 Å². The molecule has 9 heteroatoms. The van der Waals surface area contributed by atoms with Gasteiger partial charge in [-0.3, -0.25) is 9.36 Å². The number of rotatable bonds is 7. The minimum atomic E-state index is -0.781. The Morgan fingerprint density at radius 1 is 1.17 bits per heavy atom. The van der Waals surface area contributed by atoms with E-state index in [2.05, 4.69) is 4.99 Å². The van der Waals surface area contributed by atoms with Crippen molar-refractivity contribution in [3.63, 3.8) is 0 Å². The van der Waals surface area contributed by atoms with Crippen molar-refractivity contribution in [2.45, 2.75) is 24.8 Å². The number of benzene rings is 2. The first kappa shape index (κ1) is 24.8. The highest BCUT2D eigenvalue weighted by Crippen LogP contribution is 2.37. The van der Waals surface area contributed by atoms with Crippen LogP contribution in [0.5, 0.6) is 11.5 Å². The van der Waals surface area contributed by atoms with Crippen molar-refractivity contribution in [1.82, 2.24) is 4.57 Å². The summed E-state index contributed by atoms with van der Waals surface area (Å²) in [6.07, 6.45) is 3.86. The van der Waals surface area contributed by atoms with Crippen LogP contribution < -0.4 is 24.4 Å². The summed E-state index contributed by atoms with van der Waals surface area (Å²) >= 11 is 2.94. The molecule has 0 radical (unpaired) electrons. The van der Waals surface area contributed by atoms with Gasteiger partial charge in [-0.2, -0.15) is 0 Å². The van der Waals surface area contributed by atoms with Crippen molar-refractivity contribution in [3.8, 4) is 11.5 Å². The fourth-order valence-electron chi connectivity index (χ4n) is 3.99. The van der Waals surface area contributed by atoms with E-state index >= 15 is 0 Å². The van der Waals surface area contributed by atoms with Crippen LogP contribution in [-0.4, -0.2) is 37.6 Å². The largest absolute Gasteiger partial charge is 0.497 e. The summed E-state index contributed by atoms with van der Waals surface area (Å²) in [5, 5.41) is 0. The maximum atomic E-state index is 13.7. The number of thiazole rings is 1. The van der Waals surface area contributed by atoms with E-state index in [-0.39, 0.29) is 12.2 Å². The second-order valence-electron chi connectivity index (χ2n) is 7.68. The highest BCUT2D eigenvalue weighted by Gasteiger charge is 2.35. The first-order valence-corrected chi connectivity index (χ1v) is 13.0. The maximum absolute atomic E-state index is 13.7. The molecule has 0 bridgehead atoms. The topological polar surface area (TPSA) is 79.1 Å². The summed E-state index contributed by atoms with van der Waals surface area (Å²) in [7, 11) is 3.11. The molecule has 1 aromatic heterocycles. The lowest BCUT2D eigenvalue weighted by Gasteiger charge is -2.26. The fraction of sp³-hybridized carbons (Fsp3) is 0.269. The number of thioether (sulfide) groups is 1. The first-order chi connectivity index (χ1) is 16.9. The highest BCUT2D eigenvalue weighted by atomic mass is 32.2. The number of esters is 1. The summed E-state index contributed by atoms with van der Waals surface area (Å²) < 4.78 is 18.5. The maximum Gasteiger partial charge on any atom is 0.338 e. The monoisotopic (exact) mass is 510 g/mol. The summed E-state index contributed by atoms with van der Waals surface area (Å²) in [6.45, 7) is 3.70. The highest BCUT2D eigenvalue weighted by molar-refractivity contribution is 7.98. The normalized spacial score (nSPS) is 15.5. The summed E-state index contributed by atoms with van der Waals surface area (Å²) in [6, 6.07) is 12.5. The van der Waals surface area contributed by atoms with E-state index in [1.54, 1.807) is 62.6 Å². The molecule has 3 aromatic rings. The summed E-state index contributed by atoms with van der Waals surface area (Å²) in [5.41, 5.74) is 2.06. The number of hydrogen-bond acceptors (Lipinski definition) is 8. The predicted octanol–water partition coefficient (Wildman–Crippen LogP) is 3.54. The van der Waals surface area contributed by atoms with Crippen LogP contribution in [0.15, 0.2) is 68.4 Å². The lowest BCUT2D eigenvalue weighted by atomic mass is 9.94. The van der Waals surface area contributed by atoms with Gasteiger partial charge in [0.25, 0.3) is 5.56 Å². The standard InChI is InChI=1S/C26H26N2O5S2/c1-6-33-25(30)22-15(2)27-26-28(23(22)19-14-17(31-3)9-12-20(19)32-4)24(29)21(35-26)13-16-7-10-18(34-5)11-8-16/h7-14,23H,6H2,1-5H3/b21-13-. The van der Waals surface area contributed by atoms with Gasteiger partial charge in [0.05, 0.1) is 36.6 Å². The van der Waals surface area contributed by atoms with Gasteiger partial charge in [-0.1, -0.05) is 23.5 Å². The van der Waals surface area contributed by atoms with Crippen molar-refractivity contribution in [3.05, 3.63) is 84.5 Å². The lowest BCUT2D eigenvalue weighted by molar-refractivity contribution is -0.139. The number of hydrogen-bond donors (Lipinski definition) is 0. The molecule has 1 atom stereocenters. The Hall–Kier alpha value is -3.30. The predicted molar refractivity (Wildman–Crippen MR) is 138 cm³/mol. The molecule has 1 aliphatic heterocycles. The van der Waals surface area contributed by atoms with E-state index in [9.17, 15) is 9.59 Å². The molecule has 182 valence electrons. The van der Waals surface area contributed by atoms with Gasteiger partial charge in [0.2, 0.25) is 0 Å².